The predicted molar refractivity (Wildman–Crippen MR) is 94.4 cm³/mol. The summed E-state index contributed by atoms with van der Waals surface area (Å²) >= 11 is 0. The second-order valence-corrected chi connectivity index (χ2v) is 7.29. The van der Waals surface area contributed by atoms with Gasteiger partial charge in [0.1, 0.15) is 12.4 Å². The van der Waals surface area contributed by atoms with E-state index in [2.05, 4.69) is 9.46 Å². The molecule has 6 nitrogen and oxygen atoms in total. The molecule has 0 aliphatic carbocycles. The van der Waals surface area contributed by atoms with Crippen molar-refractivity contribution in [2.75, 3.05) is 20.3 Å². The van der Waals surface area contributed by atoms with E-state index in [4.69, 9.17) is 4.74 Å². The molecule has 7 heteroatoms. The van der Waals surface area contributed by atoms with Crippen LogP contribution in [0.25, 0.3) is 0 Å². The van der Waals surface area contributed by atoms with Crippen LogP contribution < -0.4 is 9.46 Å². The molecule has 2 rings (SSSR count). The first kappa shape index (κ1) is 19.0. The van der Waals surface area contributed by atoms with Gasteiger partial charge in [-0.25, -0.2) is 17.9 Å². The van der Waals surface area contributed by atoms with Crippen LogP contribution in [0.2, 0.25) is 0 Å². The number of benzene rings is 2. The highest BCUT2D eigenvalue weighted by Gasteiger charge is 2.18. The van der Waals surface area contributed by atoms with Gasteiger partial charge in [-0.3, -0.25) is 0 Å². The average Bonchev–Trinajstić information content (AvgIpc) is 2.60. The molecule has 134 valence electrons. The monoisotopic (exact) mass is 363 g/mol. The maximum atomic E-state index is 12.3. The molecule has 0 atom stereocenters. The van der Waals surface area contributed by atoms with E-state index in [1.54, 1.807) is 13.0 Å². The number of carbonyl (C=O) groups is 1. The molecule has 0 spiro atoms. The van der Waals surface area contributed by atoms with Gasteiger partial charge in [-0.2, -0.15) is 0 Å². The summed E-state index contributed by atoms with van der Waals surface area (Å²) in [6, 6.07) is 11.8. The molecule has 0 radical (unpaired) electrons. The second-order valence-electron chi connectivity index (χ2n) is 5.53. The molecule has 0 bridgehead atoms. The zero-order valence-electron chi connectivity index (χ0n) is 14.4. The number of sulfonamides is 1. The molecule has 25 heavy (non-hydrogen) atoms. The SMILES string of the molecule is COC(=O)c1cc(S(=O)(=O)NCCOc2ccc(C)cc2)ccc1C. The Morgan fingerprint density at radius 2 is 1.76 bits per heavy atom. The van der Waals surface area contributed by atoms with Crippen LogP contribution in [-0.2, 0) is 14.8 Å². The van der Waals surface area contributed by atoms with Crippen molar-refractivity contribution >= 4 is 16.0 Å². The van der Waals surface area contributed by atoms with Crippen molar-refractivity contribution in [3.8, 4) is 5.75 Å². The largest absolute Gasteiger partial charge is 0.492 e. The Balaban J connectivity index is 1.99. The average molecular weight is 363 g/mol. The first-order valence-electron chi connectivity index (χ1n) is 7.71. The van der Waals surface area contributed by atoms with Gasteiger partial charge in [0.2, 0.25) is 10.0 Å². The highest BCUT2D eigenvalue weighted by atomic mass is 32.2. The number of esters is 1. The maximum absolute atomic E-state index is 12.3. The van der Waals surface area contributed by atoms with E-state index in [0.29, 0.717) is 11.3 Å². The van der Waals surface area contributed by atoms with Crippen molar-refractivity contribution in [2.24, 2.45) is 0 Å². The van der Waals surface area contributed by atoms with Crippen LogP contribution in [0.4, 0.5) is 0 Å². The summed E-state index contributed by atoms with van der Waals surface area (Å²) in [7, 11) is -2.49. The lowest BCUT2D eigenvalue weighted by atomic mass is 10.1. The van der Waals surface area contributed by atoms with Gasteiger partial charge in [-0.15, -0.1) is 0 Å². The van der Waals surface area contributed by atoms with Crippen LogP contribution in [0, 0.1) is 13.8 Å². The van der Waals surface area contributed by atoms with E-state index < -0.39 is 16.0 Å². The van der Waals surface area contributed by atoms with Gasteiger partial charge >= 0.3 is 5.97 Å². The van der Waals surface area contributed by atoms with Crippen LogP contribution in [0.1, 0.15) is 21.5 Å². The normalized spacial score (nSPS) is 11.2. The maximum Gasteiger partial charge on any atom is 0.338 e. The number of rotatable bonds is 7. The lowest BCUT2D eigenvalue weighted by Crippen LogP contribution is -2.28. The number of methoxy groups -OCH3 is 1. The molecule has 0 aliphatic rings. The van der Waals surface area contributed by atoms with E-state index in [9.17, 15) is 13.2 Å². The zero-order valence-corrected chi connectivity index (χ0v) is 15.2. The van der Waals surface area contributed by atoms with Crippen molar-refractivity contribution in [1.82, 2.24) is 4.72 Å². The van der Waals surface area contributed by atoms with Crippen LogP contribution in [0.5, 0.6) is 5.75 Å². The highest BCUT2D eigenvalue weighted by molar-refractivity contribution is 7.89. The first-order chi connectivity index (χ1) is 11.8. The molecular formula is C18H21NO5S. The lowest BCUT2D eigenvalue weighted by molar-refractivity contribution is 0.0599. The van der Waals surface area contributed by atoms with E-state index in [1.165, 1.54) is 19.2 Å². The van der Waals surface area contributed by atoms with Gasteiger partial charge in [0.15, 0.2) is 0 Å². The summed E-state index contributed by atoms with van der Waals surface area (Å²) in [4.78, 5) is 11.7. The number of carbonyl (C=O) groups excluding carboxylic acids is 1. The minimum absolute atomic E-state index is 0.00818. The molecule has 0 heterocycles. The van der Waals surface area contributed by atoms with Crippen molar-refractivity contribution < 1.29 is 22.7 Å². The van der Waals surface area contributed by atoms with Gasteiger partial charge < -0.3 is 9.47 Å². The zero-order chi connectivity index (χ0) is 18.4. The summed E-state index contributed by atoms with van der Waals surface area (Å²) < 4.78 is 37.3. The summed E-state index contributed by atoms with van der Waals surface area (Å²) in [6.45, 7) is 3.99. The van der Waals surface area contributed by atoms with Crippen LogP contribution >= 0.6 is 0 Å². The Labute approximate surface area is 147 Å². The summed E-state index contributed by atoms with van der Waals surface area (Å²) in [5.74, 6) is 0.102. The van der Waals surface area contributed by atoms with E-state index in [-0.39, 0.29) is 23.6 Å². The molecule has 0 saturated heterocycles. The fourth-order valence-corrected chi connectivity index (χ4v) is 3.20. The van der Waals surface area contributed by atoms with E-state index in [0.717, 1.165) is 5.56 Å². The third-order valence-electron chi connectivity index (χ3n) is 3.61. The molecule has 0 aromatic heterocycles. The Kier molecular flexibility index (Phi) is 6.17. The molecule has 0 aliphatic heterocycles. The minimum Gasteiger partial charge on any atom is -0.492 e. The smallest absolute Gasteiger partial charge is 0.338 e. The Bertz CT molecular complexity index is 844. The van der Waals surface area contributed by atoms with Crippen molar-refractivity contribution in [3.63, 3.8) is 0 Å². The Hall–Kier alpha value is -2.38. The van der Waals surface area contributed by atoms with Gasteiger partial charge in [-0.1, -0.05) is 23.8 Å². The topological polar surface area (TPSA) is 81.7 Å². The predicted octanol–water partition coefficient (Wildman–Crippen LogP) is 2.45. The minimum atomic E-state index is -3.74. The molecule has 2 aromatic carbocycles. The number of hydrogen-bond acceptors (Lipinski definition) is 5. The molecular weight excluding hydrogens is 342 g/mol. The third-order valence-corrected chi connectivity index (χ3v) is 5.07. The van der Waals surface area contributed by atoms with Crippen molar-refractivity contribution in [2.45, 2.75) is 18.7 Å². The number of ether oxygens (including phenoxy) is 2. The number of aryl methyl sites for hydroxylation is 2. The molecule has 0 saturated carbocycles. The summed E-state index contributed by atoms with van der Waals surface area (Å²) in [5.41, 5.74) is 1.99. The molecule has 2 aromatic rings. The Morgan fingerprint density at radius 1 is 1.08 bits per heavy atom. The van der Waals surface area contributed by atoms with Crippen molar-refractivity contribution in [3.05, 3.63) is 59.2 Å². The molecule has 0 amide bonds. The fourth-order valence-electron chi connectivity index (χ4n) is 2.16. The quantitative estimate of drug-likeness (QED) is 0.604. The van der Waals surface area contributed by atoms with Gasteiger partial charge in [0.05, 0.1) is 17.6 Å². The third kappa shape index (κ3) is 5.04. The lowest BCUT2D eigenvalue weighted by Gasteiger charge is -2.10. The standard InChI is InChI=1S/C18H21NO5S/c1-13-4-7-15(8-5-13)24-11-10-19-25(21,22)16-9-6-14(2)17(12-16)18(20)23-3/h4-9,12,19H,10-11H2,1-3H3. The Morgan fingerprint density at radius 3 is 2.40 bits per heavy atom. The van der Waals surface area contributed by atoms with E-state index in [1.807, 2.05) is 31.2 Å². The van der Waals surface area contributed by atoms with Crippen LogP contribution in [0.3, 0.4) is 0 Å². The van der Waals surface area contributed by atoms with Gasteiger partial charge in [0, 0.05) is 6.54 Å². The molecule has 1 N–H and O–H groups in total. The van der Waals surface area contributed by atoms with Crippen molar-refractivity contribution in [1.29, 1.82) is 0 Å². The first-order valence-corrected chi connectivity index (χ1v) is 9.20. The highest BCUT2D eigenvalue weighted by Crippen LogP contribution is 2.16. The number of nitrogens with one attached hydrogen (secondary N) is 1. The van der Waals surface area contributed by atoms with Crippen LogP contribution in [-0.4, -0.2) is 34.6 Å². The molecule has 0 unspecified atom stereocenters. The number of hydrogen-bond donors (Lipinski definition) is 1. The fraction of sp³-hybridized carbons (Fsp3) is 0.278. The van der Waals surface area contributed by atoms with Gasteiger partial charge in [0.25, 0.3) is 0 Å². The van der Waals surface area contributed by atoms with Gasteiger partial charge in [-0.05, 0) is 43.7 Å². The molecule has 0 fully saturated rings. The van der Waals surface area contributed by atoms with Crippen LogP contribution in [0.15, 0.2) is 47.4 Å². The van der Waals surface area contributed by atoms with E-state index >= 15 is 0 Å². The second kappa shape index (κ2) is 8.13. The summed E-state index contributed by atoms with van der Waals surface area (Å²) in [5, 5.41) is 0. The summed E-state index contributed by atoms with van der Waals surface area (Å²) in [6.07, 6.45) is 0.